The minimum absolute atomic E-state index is 0.0445. The number of ketones is 1. The van der Waals surface area contributed by atoms with Gasteiger partial charge in [0, 0.05) is 36.7 Å². The Morgan fingerprint density at radius 2 is 2.03 bits per heavy atom. The molecule has 0 aliphatic carbocycles. The van der Waals surface area contributed by atoms with Crippen molar-refractivity contribution in [2.75, 3.05) is 13.7 Å². The number of nitrogens with zero attached hydrogens (tertiary/aromatic N) is 4. The average Bonchev–Trinajstić information content (AvgIpc) is 3.41. The number of methoxy groups -OCH3 is 1. The molecule has 0 radical (unpaired) electrons. The number of ether oxygens (including phenoxy) is 1. The topological polar surface area (TPSA) is 97.6 Å². The number of hydrogen-bond acceptors (Lipinski definition) is 6. The highest BCUT2D eigenvalue weighted by molar-refractivity contribution is 6.46. The maximum absolute atomic E-state index is 13.1. The standard InChI is InChI=1S/C23H21ClN4O4/c1-32-18-7-6-15(24)13-16(18)21(29)19-20(17-5-2-3-8-26-17)28(23(31)22(19)30)11-4-10-27-12-9-25-14-27/h2-3,5-9,12-14,20,29H,4,10-11H2,1H3/b21-19+. The lowest BCUT2D eigenvalue weighted by atomic mass is 9.98. The Kier molecular flexibility index (Phi) is 6.23. The van der Waals surface area contributed by atoms with Crippen molar-refractivity contribution in [3.8, 4) is 5.75 Å². The van der Waals surface area contributed by atoms with E-state index < -0.39 is 17.7 Å². The lowest BCUT2D eigenvalue weighted by molar-refractivity contribution is -0.140. The monoisotopic (exact) mass is 452 g/mol. The molecule has 32 heavy (non-hydrogen) atoms. The van der Waals surface area contributed by atoms with Crippen molar-refractivity contribution in [3.05, 3.63) is 83.2 Å². The van der Waals surface area contributed by atoms with E-state index in [1.165, 1.54) is 18.1 Å². The van der Waals surface area contributed by atoms with Crippen LogP contribution >= 0.6 is 11.6 Å². The van der Waals surface area contributed by atoms with Gasteiger partial charge in [-0.3, -0.25) is 14.6 Å². The molecule has 1 atom stereocenters. The van der Waals surface area contributed by atoms with Crippen LogP contribution in [0.3, 0.4) is 0 Å². The van der Waals surface area contributed by atoms with E-state index in [0.717, 1.165) is 0 Å². The number of amides is 1. The number of aliphatic hydroxyl groups excluding tert-OH is 1. The number of benzene rings is 1. The summed E-state index contributed by atoms with van der Waals surface area (Å²) in [6, 6.07) is 9.11. The molecular weight excluding hydrogens is 432 g/mol. The molecule has 4 rings (SSSR count). The molecular formula is C23H21ClN4O4. The van der Waals surface area contributed by atoms with Crippen LogP contribution < -0.4 is 4.74 Å². The Morgan fingerprint density at radius 3 is 2.72 bits per heavy atom. The summed E-state index contributed by atoms with van der Waals surface area (Å²) in [5.41, 5.74) is 0.672. The van der Waals surface area contributed by atoms with Crippen LogP contribution in [0.25, 0.3) is 5.76 Å². The zero-order valence-corrected chi connectivity index (χ0v) is 18.1. The third kappa shape index (κ3) is 4.09. The molecule has 0 bridgehead atoms. The Hall–Kier alpha value is -3.65. The lowest BCUT2D eigenvalue weighted by Gasteiger charge is -2.24. The van der Waals surface area contributed by atoms with Gasteiger partial charge in [0.15, 0.2) is 0 Å². The molecule has 0 spiro atoms. The number of carbonyl (C=O) groups excluding carboxylic acids is 2. The highest BCUT2D eigenvalue weighted by Crippen LogP contribution is 2.40. The molecule has 8 nitrogen and oxygen atoms in total. The SMILES string of the molecule is COc1ccc(Cl)cc1/C(O)=C1\C(=O)C(=O)N(CCCn2ccnc2)C1c1ccccn1. The number of likely N-dealkylation sites (tertiary alicyclic amines) is 1. The van der Waals surface area contributed by atoms with Crippen LogP contribution in [0.2, 0.25) is 5.02 Å². The molecule has 2 aromatic heterocycles. The van der Waals surface area contributed by atoms with Gasteiger partial charge < -0.3 is 19.3 Å². The molecule has 1 N–H and O–H groups in total. The number of aromatic nitrogens is 3. The molecule has 0 saturated carbocycles. The van der Waals surface area contributed by atoms with E-state index >= 15 is 0 Å². The summed E-state index contributed by atoms with van der Waals surface area (Å²) in [6.45, 7) is 0.924. The first kappa shape index (κ1) is 21.6. The van der Waals surface area contributed by atoms with Crippen LogP contribution in [0.1, 0.15) is 23.7 Å². The van der Waals surface area contributed by atoms with Crippen molar-refractivity contribution in [2.24, 2.45) is 0 Å². The van der Waals surface area contributed by atoms with Gasteiger partial charge in [0.05, 0.1) is 30.3 Å². The van der Waals surface area contributed by atoms with E-state index in [1.54, 1.807) is 49.1 Å². The Balaban J connectivity index is 1.76. The van der Waals surface area contributed by atoms with Crippen molar-refractivity contribution in [3.63, 3.8) is 0 Å². The number of imidazole rings is 1. The normalized spacial score (nSPS) is 17.7. The van der Waals surface area contributed by atoms with Gasteiger partial charge in [0.25, 0.3) is 11.7 Å². The summed E-state index contributed by atoms with van der Waals surface area (Å²) in [4.78, 5) is 35.9. The van der Waals surface area contributed by atoms with Crippen molar-refractivity contribution in [1.82, 2.24) is 19.4 Å². The number of Topliss-reactive ketones (excluding diaryl/α,β-unsaturated/α-hetero) is 1. The quantitative estimate of drug-likeness (QED) is 0.335. The van der Waals surface area contributed by atoms with Gasteiger partial charge in [0.1, 0.15) is 17.6 Å². The molecule has 1 aliphatic rings. The first-order valence-corrected chi connectivity index (χ1v) is 10.4. The summed E-state index contributed by atoms with van der Waals surface area (Å²) in [7, 11) is 1.45. The maximum atomic E-state index is 13.1. The van der Waals surface area contributed by atoms with Crippen LogP contribution in [0, 0.1) is 0 Å². The van der Waals surface area contributed by atoms with Gasteiger partial charge in [-0.1, -0.05) is 17.7 Å². The lowest BCUT2D eigenvalue weighted by Crippen LogP contribution is -2.31. The van der Waals surface area contributed by atoms with Crippen LogP contribution in [-0.4, -0.2) is 49.9 Å². The second-order valence-electron chi connectivity index (χ2n) is 7.25. The molecule has 3 aromatic rings. The van der Waals surface area contributed by atoms with E-state index in [0.29, 0.717) is 36.0 Å². The first-order valence-electron chi connectivity index (χ1n) is 10.00. The summed E-state index contributed by atoms with van der Waals surface area (Å²) >= 11 is 6.12. The average molecular weight is 453 g/mol. The number of hydrogen-bond donors (Lipinski definition) is 1. The highest BCUT2D eigenvalue weighted by atomic mass is 35.5. The van der Waals surface area contributed by atoms with Crippen molar-refractivity contribution >= 4 is 29.1 Å². The Bertz CT molecular complexity index is 1160. The molecule has 1 fully saturated rings. The van der Waals surface area contributed by atoms with Crippen LogP contribution in [0.5, 0.6) is 5.75 Å². The minimum atomic E-state index is -0.831. The molecule has 1 amide bonds. The largest absolute Gasteiger partial charge is 0.507 e. The van der Waals surface area contributed by atoms with Gasteiger partial charge in [-0.25, -0.2) is 4.98 Å². The number of pyridine rings is 1. The fourth-order valence-corrected chi connectivity index (χ4v) is 3.98. The number of aryl methyl sites for hydroxylation is 1. The Morgan fingerprint density at radius 1 is 1.19 bits per heavy atom. The third-order valence-corrected chi connectivity index (χ3v) is 5.53. The van der Waals surface area contributed by atoms with E-state index in [-0.39, 0.29) is 16.9 Å². The third-order valence-electron chi connectivity index (χ3n) is 5.30. The Labute approximate surface area is 189 Å². The van der Waals surface area contributed by atoms with Crippen LogP contribution in [0.15, 0.2) is 66.9 Å². The zero-order chi connectivity index (χ0) is 22.7. The number of halogens is 1. The molecule has 1 aromatic carbocycles. The van der Waals surface area contributed by atoms with E-state index in [2.05, 4.69) is 9.97 Å². The number of carbonyl (C=O) groups is 2. The fourth-order valence-electron chi connectivity index (χ4n) is 3.81. The minimum Gasteiger partial charge on any atom is -0.507 e. The smallest absolute Gasteiger partial charge is 0.295 e. The van der Waals surface area contributed by atoms with E-state index in [1.807, 2.05) is 10.8 Å². The summed E-state index contributed by atoms with van der Waals surface area (Å²) < 4.78 is 7.22. The number of rotatable bonds is 7. The summed E-state index contributed by atoms with van der Waals surface area (Å²) in [5, 5.41) is 11.5. The predicted molar refractivity (Wildman–Crippen MR) is 118 cm³/mol. The van der Waals surface area contributed by atoms with E-state index in [9.17, 15) is 14.7 Å². The molecule has 3 heterocycles. The summed E-state index contributed by atoms with van der Waals surface area (Å²) in [5.74, 6) is -1.48. The highest BCUT2D eigenvalue weighted by Gasteiger charge is 2.46. The van der Waals surface area contributed by atoms with Crippen LogP contribution in [0.4, 0.5) is 0 Å². The molecule has 1 saturated heterocycles. The predicted octanol–water partition coefficient (Wildman–Crippen LogP) is 3.45. The zero-order valence-electron chi connectivity index (χ0n) is 17.3. The van der Waals surface area contributed by atoms with Gasteiger partial charge in [0.2, 0.25) is 0 Å². The van der Waals surface area contributed by atoms with Gasteiger partial charge in [-0.2, -0.15) is 0 Å². The second kappa shape index (κ2) is 9.23. The van der Waals surface area contributed by atoms with Crippen LogP contribution in [-0.2, 0) is 16.1 Å². The molecule has 1 unspecified atom stereocenters. The molecule has 1 aliphatic heterocycles. The van der Waals surface area contributed by atoms with Gasteiger partial charge in [-0.05, 0) is 36.8 Å². The van der Waals surface area contributed by atoms with E-state index in [4.69, 9.17) is 16.3 Å². The first-order chi connectivity index (χ1) is 15.5. The molecule has 164 valence electrons. The van der Waals surface area contributed by atoms with Crippen molar-refractivity contribution in [1.29, 1.82) is 0 Å². The summed E-state index contributed by atoms with van der Waals surface area (Å²) in [6.07, 6.45) is 7.37. The van der Waals surface area contributed by atoms with Gasteiger partial charge >= 0.3 is 0 Å². The maximum Gasteiger partial charge on any atom is 0.295 e. The number of aliphatic hydroxyl groups is 1. The van der Waals surface area contributed by atoms with Crippen molar-refractivity contribution < 1.29 is 19.4 Å². The fraction of sp³-hybridized carbons (Fsp3) is 0.217. The molecule has 9 heteroatoms. The second-order valence-corrected chi connectivity index (χ2v) is 7.68. The van der Waals surface area contributed by atoms with Crippen molar-refractivity contribution in [2.45, 2.75) is 19.0 Å². The van der Waals surface area contributed by atoms with Gasteiger partial charge in [-0.15, -0.1) is 0 Å².